The van der Waals surface area contributed by atoms with E-state index in [1.54, 1.807) is 12.5 Å². The van der Waals surface area contributed by atoms with Crippen LogP contribution in [0.1, 0.15) is 0 Å². The van der Waals surface area contributed by atoms with Gasteiger partial charge in [0.15, 0.2) is 16.8 Å². The van der Waals surface area contributed by atoms with Crippen molar-refractivity contribution < 1.29 is 18.3 Å². The zero-order valence-corrected chi connectivity index (χ0v) is 15.3. The van der Waals surface area contributed by atoms with Crippen LogP contribution < -0.4 is 10.1 Å². The van der Waals surface area contributed by atoms with E-state index in [0.717, 1.165) is 22.8 Å². The highest BCUT2D eigenvalue weighted by molar-refractivity contribution is 8.00. The molecule has 1 heterocycles. The number of thiazole rings is 1. The SMILES string of the molecule is COc1ccc(SCC(=O)Nc2nc(-c3ccc(F)c(F)c3)cs2)cc1. The van der Waals surface area contributed by atoms with Gasteiger partial charge in [-0.15, -0.1) is 23.1 Å². The van der Waals surface area contributed by atoms with Gasteiger partial charge in [0.2, 0.25) is 5.91 Å². The molecule has 0 saturated heterocycles. The van der Waals surface area contributed by atoms with Gasteiger partial charge in [-0.2, -0.15) is 0 Å². The van der Waals surface area contributed by atoms with Gasteiger partial charge in [0.05, 0.1) is 18.6 Å². The van der Waals surface area contributed by atoms with Gasteiger partial charge in [-0.3, -0.25) is 4.79 Å². The zero-order chi connectivity index (χ0) is 18.5. The number of carbonyl (C=O) groups excluding carboxylic acids is 1. The molecule has 0 radical (unpaired) electrons. The standard InChI is InChI=1S/C18H14F2N2O2S2/c1-24-12-3-5-13(6-4-12)25-10-17(23)22-18-21-16(9-26-18)11-2-7-14(19)15(20)8-11/h2-9H,10H2,1H3,(H,21,22,23). The van der Waals surface area contributed by atoms with E-state index in [2.05, 4.69) is 10.3 Å². The molecule has 0 unspecified atom stereocenters. The number of hydrogen-bond donors (Lipinski definition) is 1. The summed E-state index contributed by atoms with van der Waals surface area (Å²) in [6.45, 7) is 0. The Hall–Kier alpha value is -2.45. The molecule has 0 fully saturated rings. The predicted molar refractivity (Wildman–Crippen MR) is 99.8 cm³/mol. The lowest BCUT2D eigenvalue weighted by Crippen LogP contribution is -2.13. The molecule has 0 saturated carbocycles. The first-order chi connectivity index (χ1) is 12.5. The number of ether oxygens (including phenoxy) is 1. The van der Waals surface area contributed by atoms with E-state index in [1.807, 2.05) is 24.3 Å². The summed E-state index contributed by atoms with van der Waals surface area (Å²) in [6, 6.07) is 11.0. The lowest BCUT2D eigenvalue weighted by Gasteiger charge is -2.04. The van der Waals surface area contributed by atoms with Crippen molar-refractivity contribution in [2.45, 2.75) is 4.90 Å². The summed E-state index contributed by atoms with van der Waals surface area (Å²) >= 11 is 2.62. The van der Waals surface area contributed by atoms with Gasteiger partial charge >= 0.3 is 0 Å². The Morgan fingerprint density at radius 1 is 1.19 bits per heavy atom. The van der Waals surface area contributed by atoms with Crippen LogP contribution in [0.5, 0.6) is 5.75 Å². The van der Waals surface area contributed by atoms with Gasteiger partial charge in [0, 0.05) is 15.8 Å². The molecule has 3 rings (SSSR count). The smallest absolute Gasteiger partial charge is 0.236 e. The van der Waals surface area contributed by atoms with Crippen molar-refractivity contribution in [3.05, 3.63) is 59.5 Å². The van der Waals surface area contributed by atoms with Gasteiger partial charge in [0.25, 0.3) is 0 Å². The highest BCUT2D eigenvalue weighted by atomic mass is 32.2. The number of amides is 1. The predicted octanol–water partition coefficient (Wildman–Crippen LogP) is 4.83. The van der Waals surface area contributed by atoms with Crippen molar-refractivity contribution in [2.24, 2.45) is 0 Å². The van der Waals surface area contributed by atoms with Crippen molar-refractivity contribution in [1.29, 1.82) is 0 Å². The summed E-state index contributed by atoms with van der Waals surface area (Å²) in [5.74, 6) is -1.06. The maximum absolute atomic E-state index is 13.3. The van der Waals surface area contributed by atoms with E-state index in [9.17, 15) is 13.6 Å². The molecule has 0 aliphatic rings. The number of anilines is 1. The molecule has 134 valence electrons. The average molecular weight is 392 g/mol. The van der Waals surface area contributed by atoms with Crippen molar-refractivity contribution in [3.63, 3.8) is 0 Å². The number of halogens is 2. The van der Waals surface area contributed by atoms with Crippen LogP contribution in [0.2, 0.25) is 0 Å². The Balaban J connectivity index is 1.57. The topological polar surface area (TPSA) is 51.2 Å². The van der Waals surface area contributed by atoms with Crippen LogP contribution in [0, 0.1) is 11.6 Å². The molecule has 3 aromatic rings. The summed E-state index contributed by atoms with van der Waals surface area (Å²) in [6.07, 6.45) is 0. The number of hydrogen-bond acceptors (Lipinski definition) is 5. The van der Waals surface area contributed by atoms with Gasteiger partial charge in [-0.05, 0) is 42.5 Å². The van der Waals surface area contributed by atoms with Crippen LogP contribution in [0.3, 0.4) is 0 Å². The second kappa shape index (κ2) is 8.29. The summed E-state index contributed by atoms with van der Waals surface area (Å²) < 4.78 is 31.4. The summed E-state index contributed by atoms with van der Waals surface area (Å²) in [7, 11) is 1.60. The molecule has 0 spiro atoms. The third kappa shape index (κ3) is 4.59. The molecular weight excluding hydrogens is 378 g/mol. The molecule has 4 nitrogen and oxygen atoms in total. The van der Waals surface area contributed by atoms with Crippen LogP contribution in [-0.4, -0.2) is 23.8 Å². The third-order valence-corrected chi connectivity index (χ3v) is 5.17. The van der Waals surface area contributed by atoms with E-state index in [-0.39, 0.29) is 11.7 Å². The van der Waals surface area contributed by atoms with Crippen molar-refractivity contribution in [1.82, 2.24) is 4.98 Å². The molecule has 0 aliphatic heterocycles. The lowest BCUT2D eigenvalue weighted by atomic mass is 10.2. The van der Waals surface area contributed by atoms with Crippen molar-refractivity contribution in [3.8, 4) is 17.0 Å². The first kappa shape index (κ1) is 18.3. The molecule has 0 bridgehead atoms. The molecule has 0 aliphatic carbocycles. The summed E-state index contributed by atoms with van der Waals surface area (Å²) in [4.78, 5) is 17.2. The minimum Gasteiger partial charge on any atom is -0.497 e. The molecule has 1 N–H and O–H groups in total. The Kier molecular flexibility index (Phi) is 5.85. The number of benzene rings is 2. The fourth-order valence-electron chi connectivity index (χ4n) is 2.10. The van der Waals surface area contributed by atoms with Crippen LogP contribution >= 0.6 is 23.1 Å². The highest BCUT2D eigenvalue weighted by Crippen LogP contribution is 2.27. The highest BCUT2D eigenvalue weighted by Gasteiger charge is 2.10. The van der Waals surface area contributed by atoms with Crippen molar-refractivity contribution in [2.75, 3.05) is 18.2 Å². The Bertz CT molecular complexity index is 914. The Morgan fingerprint density at radius 2 is 1.96 bits per heavy atom. The zero-order valence-electron chi connectivity index (χ0n) is 13.7. The first-order valence-corrected chi connectivity index (χ1v) is 9.39. The van der Waals surface area contributed by atoms with Crippen LogP contribution in [0.4, 0.5) is 13.9 Å². The quantitative estimate of drug-likeness (QED) is 0.611. The number of nitrogens with zero attached hydrogens (tertiary/aromatic N) is 1. The van der Waals surface area contributed by atoms with Gasteiger partial charge in [0.1, 0.15) is 5.75 Å². The summed E-state index contributed by atoms with van der Waals surface area (Å²) in [5.41, 5.74) is 0.931. The number of thioether (sulfide) groups is 1. The normalized spacial score (nSPS) is 10.6. The van der Waals surface area contributed by atoms with Gasteiger partial charge in [-0.25, -0.2) is 13.8 Å². The number of rotatable bonds is 6. The number of nitrogens with one attached hydrogen (secondary N) is 1. The number of aromatic nitrogens is 1. The van der Waals surface area contributed by atoms with Crippen LogP contribution in [-0.2, 0) is 4.79 Å². The fraction of sp³-hybridized carbons (Fsp3) is 0.111. The minimum atomic E-state index is -0.933. The van der Waals surface area contributed by atoms with E-state index in [4.69, 9.17) is 4.74 Å². The van der Waals surface area contributed by atoms with Crippen LogP contribution in [0.15, 0.2) is 52.7 Å². The monoisotopic (exact) mass is 392 g/mol. The Labute approximate surface area is 157 Å². The minimum absolute atomic E-state index is 0.197. The second-order valence-electron chi connectivity index (χ2n) is 5.18. The fourth-order valence-corrected chi connectivity index (χ4v) is 3.53. The third-order valence-electron chi connectivity index (χ3n) is 3.40. The van der Waals surface area contributed by atoms with E-state index in [0.29, 0.717) is 16.4 Å². The Morgan fingerprint density at radius 3 is 2.65 bits per heavy atom. The van der Waals surface area contributed by atoms with E-state index >= 15 is 0 Å². The number of carbonyl (C=O) groups is 1. The molecule has 2 aromatic carbocycles. The van der Waals surface area contributed by atoms with Crippen molar-refractivity contribution >= 4 is 34.1 Å². The van der Waals surface area contributed by atoms with Crippen LogP contribution in [0.25, 0.3) is 11.3 Å². The maximum atomic E-state index is 13.3. The number of methoxy groups -OCH3 is 1. The molecular formula is C18H14F2N2O2S2. The maximum Gasteiger partial charge on any atom is 0.236 e. The molecule has 1 amide bonds. The first-order valence-electron chi connectivity index (χ1n) is 7.53. The van der Waals surface area contributed by atoms with E-state index in [1.165, 1.54) is 29.2 Å². The van der Waals surface area contributed by atoms with E-state index < -0.39 is 11.6 Å². The second-order valence-corrected chi connectivity index (χ2v) is 7.09. The molecule has 26 heavy (non-hydrogen) atoms. The molecule has 8 heteroatoms. The average Bonchev–Trinajstić information content (AvgIpc) is 3.11. The molecule has 1 aromatic heterocycles. The largest absolute Gasteiger partial charge is 0.497 e. The molecule has 0 atom stereocenters. The summed E-state index contributed by atoms with van der Waals surface area (Å²) in [5, 5.41) is 4.79. The van der Waals surface area contributed by atoms with Gasteiger partial charge in [-0.1, -0.05) is 0 Å². The van der Waals surface area contributed by atoms with Gasteiger partial charge < -0.3 is 10.1 Å². The lowest BCUT2D eigenvalue weighted by molar-refractivity contribution is -0.113.